The number of halogens is 1. The first-order valence-electron chi connectivity index (χ1n) is 8.13. The van der Waals surface area contributed by atoms with Gasteiger partial charge >= 0.3 is 0 Å². The molecule has 132 valence electrons. The van der Waals surface area contributed by atoms with Gasteiger partial charge in [0.2, 0.25) is 5.91 Å². The van der Waals surface area contributed by atoms with Crippen molar-refractivity contribution >= 4 is 40.6 Å². The molecule has 1 aromatic heterocycles. The highest BCUT2D eigenvalue weighted by Gasteiger charge is 2.08. The fourth-order valence-electron chi connectivity index (χ4n) is 2.50. The molecule has 3 aromatic rings. The van der Waals surface area contributed by atoms with E-state index in [1.807, 2.05) is 61.5 Å². The SMILES string of the molecule is Cc1nn(C)c(Cl)c1/C=C/C(=O)Nc1ccc(Nc2ccccc2)cc1. The molecule has 1 heterocycles. The van der Waals surface area contributed by atoms with Gasteiger partial charge in [-0.15, -0.1) is 0 Å². The second kappa shape index (κ2) is 7.89. The summed E-state index contributed by atoms with van der Waals surface area (Å²) in [5.41, 5.74) is 4.19. The van der Waals surface area contributed by atoms with Crippen molar-refractivity contribution in [3.05, 3.63) is 77.1 Å². The standard InChI is InChI=1S/C20H19ClN4O/c1-14-18(20(21)25(2)24-14)12-13-19(26)23-17-10-8-16(9-11-17)22-15-6-4-3-5-7-15/h3-13,22H,1-2H3,(H,23,26)/b13-12+. The summed E-state index contributed by atoms with van der Waals surface area (Å²) >= 11 is 6.15. The summed E-state index contributed by atoms with van der Waals surface area (Å²) in [6.45, 7) is 1.85. The van der Waals surface area contributed by atoms with Crippen molar-refractivity contribution in [3.8, 4) is 0 Å². The minimum absolute atomic E-state index is 0.229. The van der Waals surface area contributed by atoms with E-state index in [2.05, 4.69) is 15.7 Å². The van der Waals surface area contributed by atoms with Crippen molar-refractivity contribution in [2.45, 2.75) is 6.92 Å². The summed E-state index contributed by atoms with van der Waals surface area (Å²) in [6, 6.07) is 17.4. The second-order valence-corrected chi connectivity index (χ2v) is 6.16. The molecule has 0 spiro atoms. The van der Waals surface area contributed by atoms with Gasteiger partial charge in [0, 0.05) is 35.7 Å². The predicted molar refractivity (Wildman–Crippen MR) is 107 cm³/mol. The number of carbonyl (C=O) groups excluding carboxylic acids is 1. The number of amides is 1. The molecule has 0 radical (unpaired) electrons. The van der Waals surface area contributed by atoms with Crippen molar-refractivity contribution < 1.29 is 4.79 Å². The molecule has 3 rings (SSSR count). The Bertz CT molecular complexity index is 930. The lowest BCUT2D eigenvalue weighted by Gasteiger charge is -2.07. The first-order chi connectivity index (χ1) is 12.5. The van der Waals surface area contributed by atoms with Gasteiger partial charge in [0.25, 0.3) is 0 Å². The molecule has 5 nitrogen and oxygen atoms in total. The molecule has 2 N–H and O–H groups in total. The Kier molecular flexibility index (Phi) is 5.39. The average Bonchev–Trinajstić information content (AvgIpc) is 2.88. The Labute approximate surface area is 157 Å². The highest BCUT2D eigenvalue weighted by Crippen LogP contribution is 2.21. The first-order valence-corrected chi connectivity index (χ1v) is 8.51. The minimum atomic E-state index is -0.229. The maximum Gasteiger partial charge on any atom is 0.248 e. The number of aryl methyl sites for hydroxylation is 2. The van der Waals surface area contributed by atoms with E-state index in [4.69, 9.17) is 11.6 Å². The largest absolute Gasteiger partial charge is 0.356 e. The van der Waals surface area contributed by atoms with Crippen molar-refractivity contribution in [3.63, 3.8) is 0 Å². The summed E-state index contributed by atoms with van der Waals surface area (Å²) in [4.78, 5) is 12.1. The molecule has 26 heavy (non-hydrogen) atoms. The summed E-state index contributed by atoms with van der Waals surface area (Å²) in [6.07, 6.45) is 3.12. The maximum atomic E-state index is 12.1. The number of para-hydroxylation sites is 1. The third kappa shape index (κ3) is 4.32. The summed E-state index contributed by atoms with van der Waals surface area (Å²) in [5.74, 6) is -0.229. The molecule has 0 fully saturated rings. The molecule has 0 bridgehead atoms. The van der Waals surface area contributed by atoms with E-state index in [1.165, 1.54) is 6.08 Å². The first kappa shape index (κ1) is 17.8. The lowest BCUT2D eigenvalue weighted by molar-refractivity contribution is -0.111. The van der Waals surface area contributed by atoms with Crippen LogP contribution in [0.4, 0.5) is 17.1 Å². The Morgan fingerprint density at radius 3 is 2.27 bits per heavy atom. The minimum Gasteiger partial charge on any atom is -0.356 e. The van der Waals surface area contributed by atoms with Gasteiger partial charge in [0.05, 0.1) is 5.69 Å². The average molecular weight is 367 g/mol. The van der Waals surface area contributed by atoms with Crippen LogP contribution in [0, 0.1) is 6.92 Å². The zero-order chi connectivity index (χ0) is 18.5. The van der Waals surface area contributed by atoms with Crippen LogP contribution < -0.4 is 10.6 Å². The van der Waals surface area contributed by atoms with Gasteiger partial charge in [-0.25, -0.2) is 0 Å². The van der Waals surface area contributed by atoms with Gasteiger partial charge in [-0.1, -0.05) is 29.8 Å². The lowest BCUT2D eigenvalue weighted by Crippen LogP contribution is -2.07. The smallest absolute Gasteiger partial charge is 0.248 e. The van der Waals surface area contributed by atoms with Gasteiger partial charge in [0.15, 0.2) is 0 Å². The van der Waals surface area contributed by atoms with Crippen LogP contribution in [0.3, 0.4) is 0 Å². The van der Waals surface area contributed by atoms with Crippen LogP contribution in [0.25, 0.3) is 6.08 Å². The Balaban J connectivity index is 1.61. The van der Waals surface area contributed by atoms with Gasteiger partial charge in [-0.2, -0.15) is 5.10 Å². The lowest BCUT2D eigenvalue weighted by atomic mass is 10.2. The zero-order valence-electron chi connectivity index (χ0n) is 14.5. The molecular weight excluding hydrogens is 348 g/mol. The van der Waals surface area contributed by atoms with Crippen LogP contribution >= 0.6 is 11.6 Å². The van der Waals surface area contributed by atoms with E-state index in [-0.39, 0.29) is 5.91 Å². The highest BCUT2D eigenvalue weighted by molar-refractivity contribution is 6.31. The van der Waals surface area contributed by atoms with Crippen molar-refractivity contribution in [2.75, 3.05) is 10.6 Å². The zero-order valence-corrected chi connectivity index (χ0v) is 15.3. The molecule has 6 heteroatoms. The van der Waals surface area contributed by atoms with Crippen LogP contribution in [0.2, 0.25) is 5.15 Å². The van der Waals surface area contributed by atoms with Crippen LogP contribution in [-0.4, -0.2) is 15.7 Å². The summed E-state index contributed by atoms with van der Waals surface area (Å²) in [5, 5.41) is 10.8. The van der Waals surface area contributed by atoms with Gasteiger partial charge < -0.3 is 10.6 Å². The Morgan fingerprint density at radius 1 is 1.04 bits per heavy atom. The third-order valence-electron chi connectivity index (χ3n) is 3.81. The normalized spacial score (nSPS) is 10.9. The Morgan fingerprint density at radius 2 is 1.65 bits per heavy atom. The number of hydrogen-bond donors (Lipinski definition) is 2. The second-order valence-electron chi connectivity index (χ2n) is 5.80. The molecule has 2 aromatic carbocycles. The molecule has 1 amide bonds. The summed E-state index contributed by atoms with van der Waals surface area (Å²) < 4.78 is 1.58. The van der Waals surface area contributed by atoms with Crippen LogP contribution in [0.5, 0.6) is 0 Å². The van der Waals surface area contributed by atoms with E-state index < -0.39 is 0 Å². The van der Waals surface area contributed by atoms with E-state index in [1.54, 1.807) is 17.8 Å². The van der Waals surface area contributed by atoms with Gasteiger partial charge in [-0.05, 0) is 49.4 Å². The topological polar surface area (TPSA) is 59.0 Å². The number of nitrogens with zero attached hydrogens (tertiary/aromatic N) is 2. The van der Waals surface area contributed by atoms with E-state index >= 15 is 0 Å². The number of benzene rings is 2. The van der Waals surface area contributed by atoms with Gasteiger partial charge in [0.1, 0.15) is 5.15 Å². The molecule has 0 saturated carbocycles. The summed E-state index contributed by atoms with van der Waals surface area (Å²) in [7, 11) is 1.76. The molecular formula is C20H19ClN4O. The molecule has 0 saturated heterocycles. The van der Waals surface area contributed by atoms with E-state index in [0.717, 1.165) is 22.6 Å². The predicted octanol–water partition coefficient (Wildman–Crippen LogP) is 4.78. The highest BCUT2D eigenvalue weighted by atomic mass is 35.5. The fraction of sp³-hybridized carbons (Fsp3) is 0.100. The van der Waals surface area contributed by atoms with Crippen LogP contribution in [0.1, 0.15) is 11.3 Å². The van der Waals surface area contributed by atoms with Crippen LogP contribution in [-0.2, 0) is 11.8 Å². The van der Waals surface area contributed by atoms with E-state index in [0.29, 0.717) is 10.8 Å². The molecule has 0 aliphatic heterocycles. The van der Waals surface area contributed by atoms with E-state index in [9.17, 15) is 4.79 Å². The molecule has 0 aliphatic rings. The number of aromatic nitrogens is 2. The van der Waals surface area contributed by atoms with Crippen molar-refractivity contribution in [2.24, 2.45) is 7.05 Å². The number of carbonyl (C=O) groups is 1. The number of rotatable bonds is 5. The monoisotopic (exact) mass is 366 g/mol. The molecule has 0 atom stereocenters. The van der Waals surface area contributed by atoms with Crippen molar-refractivity contribution in [1.29, 1.82) is 0 Å². The van der Waals surface area contributed by atoms with Crippen molar-refractivity contribution in [1.82, 2.24) is 9.78 Å². The quantitative estimate of drug-likeness (QED) is 0.639. The number of nitrogens with one attached hydrogen (secondary N) is 2. The number of anilines is 3. The Hall–Kier alpha value is -3.05. The molecule has 0 unspecified atom stereocenters. The third-order valence-corrected chi connectivity index (χ3v) is 4.26. The van der Waals surface area contributed by atoms with Crippen LogP contribution in [0.15, 0.2) is 60.7 Å². The fourth-order valence-corrected chi connectivity index (χ4v) is 2.74. The van der Waals surface area contributed by atoms with Gasteiger partial charge in [-0.3, -0.25) is 9.48 Å². The maximum absolute atomic E-state index is 12.1. The molecule has 0 aliphatic carbocycles. The number of hydrogen-bond acceptors (Lipinski definition) is 3.